The van der Waals surface area contributed by atoms with Crippen molar-refractivity contribution in [2.24, 2.45) is 0 Å². The van der Waals surface area contributed by atoms with Crippen LogP contribution in [-0.2, 0) is 4.74 Å². The molecule has 1 aliphatic heterocycles. The third-order valence-electron chi connectivity index (χ3n) is 3.15. The predicted molar refractivity (Wildman–Crippen MR) is 68.5 cm³/mol. The van der Waals surface area contributed by atoms with Gasteiger partial charge in [-0.15, -0.1) is 0 Å². The third kappa shape index (κ3) is 3.42. The maximum absolute atomic E-state index is 9.52. The standard InChI is InChI=1S/C13H18ClNO2/c14-13-4-2-1-3-12(13)11(10-16)9-15-5-7-17-8-6-15/h1-4,11,16H,5-10H2. The van der Waals surface area contributed by atoms with E-state index in [9.17, 15) is 5.11 Å². The molecule has 0 aromatic heterocycles. The molecule has 1 aromatic rings. The lowest BCUT2D eigenvalue weighted by atomic mass is 9.99. The van der Waals surface area contributed by atoms with E-state index >= 15 is 0 Å². The van der Waals surface area contributed by atoms with Gasteiger partial charge in [0.25, 0.3) is 0 Å². The molecule has 1 aliphatic rings. The molecular weight excluding hydrogens is 238 g/mol. The van der Waals surface area contributed by atoms with Gasteiger partial charge in [-0.25, -0.2) is 0 Å². The summed E-state index contributed by atoms with van der Waals surface area (Å²) in [7, 11) is 0. The second-order valence-corrected chi connectivity index (χ2v) is 4.72. The highest BCUT2D eigenvalue weighted by atomic mass is 35.5. The fraction of sp³-hybridized carbons (Fsp3) is 0.538. The van der Waals surface area contributed by atoms with Crippen molar-refractivity contribution in [2.45, 2.75) is 5.92 Å². The van der Waals surface area contributed by atoms with Crippen molar-refractivity contribution < 1.29 is 9.84 Å². The van der Waals surface area contributed by atoms with E-state index in [0.717, 1.165) is 43.4 Å². The van der Waals surface area contributed by atoms with Crippen molar-refractivity contribution >= 4 is 11.6 Å². The van der Waals surface area contributed by atoms with Crippen molar-refractivity contribution in [2.75, 3.05) is 39.5 Å². The first-order valence-corrected chi connectivity index (χ1v) is 6.34. The van der Waals surface area contributed by atoms with Gasteiger partial charge in [0.15, 0.2) is 0 Å². The summed E-state index contributed by atoms with van der Waals surface area (Å²) < 4.78 is 5.31. The van der Waals surface area contributed by atoms with E-state index < -0.39 is 0 Å². The Kier molecular flexibility index (Phi) is 4.80. The first-order valence-electron chi connectivity index (χ1n) is 5.96. The van der Waals surface area contributed by atoms with Gasteiger partial charge in [-0.3, -0.25) is 4.90 Å². The molecule has 1 saturated heterocycles. The largest absolute Gasteiger partial charge is 0.396 e. The number of nitrogens with zero attached hydrogens (tertiary/aromatic N) is 1. The number of benzene rings is 1. The van der Waals surface area contributed by atoms with Crippen LogP contribution in [0.2, 0.25) is 5.02 Å². The Morgan fingerprint density at radius 2 is 2.00 bits per heavy atom. The Morgan fingerprint density at radius 1 is 1.29 bits per heavy atom. The summed E-state index contributed by atoms with van der Waals surface area (Å²) in [5.74, 6) is 0.0850. The Labute approximate surface area is 107 Å². The molecule has 94 valence electrons. The highest BCUT2D eigenvalue weighted by Gasteiger charge is 2.19. The molecule has 0 saturated carbocycles. The van der Waals surface area contributed by atoms with E-state index in [1.165, 1.54) is 0 Å². The van der Waals surface area contributed by atoms with Gasteiger partial charge >= 0.3 is 0 Å². The number of rotatable bonds is 4. The van der Waals surface area contributed by atoms with Crippen LogP contribution in [0.5, 0.6) is 0 Å². The fourth-order valence-corrected chi connectivity index (χ4v) is 2.45. The molecule has 1 N–H and O–H groups in total. The van der Waals surface area contributed by atoms with E-state index in [0.29, 0.717) is 0 Å². The molecule has 0 bridgehead atoms. The zero-order valence-electron chi connectivity index (χ0n) is 9.81. The van der Waals surface area contributed by atoms with Crippen LogP contribution in [-0.4, -0.2) is 49.5 Å². The first-order chi connectivity index (χ1) is 8.31. The lowest BCUT2D eigenvalue weighted by Crippen LogP contribution is -2.39. The maximum Gasteiger partial charge on any atom is 0.0594 e. The van der Waals surface area contributed by atoms with E-state index in [-0.39, 0.29) is 12.5 Å². The maximum atomic E-state index is 9.52. The minimum atomic E-state index is 0.0850. The van der Waals surface area contributed by atoms with E-state index in [1.807, 2.05) is 24.3 Å². The van der Waals surface area contributed by atoms with Gasteiger partial charge in [-0.1, -0.05) is 29.8 Å². The quantitative estimate of drug-likeness (QED) is 0.890. The topological polar surface area (TPSA) is 32.7 Å². The van der Waals surface area contributed by atoms with Crippen molar-refractivity contribution in [1.29, 1.82) is 0 Å². The molecule has 3 nitrogen and oxygen atoms in total. The lowest BCUT2D eigenvalue weighted by Gasteiger charge is -2.30. The van der Waals surface area contributed by atoms with Crippen LogP contribution < -0.4 is 0 Å². The van der Waals surface area contributed by atoms with E-state index in [2.05, 4.69) is 4.90 Å². The summed E-state index contributed by atoms with van der Waals surface area (Å²) in [6.07, 6.45) is 0. The van der Waals surface area contributed by atoms with Crippen LogP contribution in [0, 0.1) is 0 Å². The first kappa shape index (κ1) is 12.8. The molecule has 17 heavy (non-hydrogen) atoms. The zero-order valence-corrected chi connectivity index (χ0v) is 10.6. The van der Waals surface area contributed by atoms with Gasteiger partial charge in [-0.05, 0) is 11.6 Å². The van der Waals surface area contributed by atoms with Crippen molar-refractivity contribution in [3.63, 3.8) is 0 Å². The third-order valence-corrected chi connectivity index (χ3v) is 3.49. The van der Waals surface area contributed by atoms with Gasteiger partial charge < -0.3 is 9.84 Å². The van der Waals surface area contributed by atoms with Crippen molar-refractivity contribution in [3.8, 4) is 0 Å². The highest BCUT2D eigenvalue weighted by molar-refractivity contribution is 6.31. The van der Waals surface area contributed by atoms with Crippen molar-refractivity contribution in [3.05, 3.63) is 34.9 Å². The van der Waals surface area contributed by atoms with Gasteiger partial charge in [0.05, 0.1) is 19.8 Å². The monoisotopic (exact) mass is 255 g/mol. The second-order valence-electron chi connectivity index (χ2n) is 4.31. The summed E-state index contributed by atoms with van der Waals surface area (Å²) in [4.78, 5) is 2.31. The van der Waals surface area contributed by atoms with Gasteiger partial charge in [0.1, 0.15) is 0 Å². The molecule has 4 heteroatoms. The summed E-state index contributed by atoms with van der Waals surface area (Å²) in [6.45, 7) is 4.38. The van der Waals surface area contributed by atoms with E-state index in [4.69, 9.17) is 16.3 Å². The molecule has 2 rings (SSSR count). The Bertz CT molecular complexity index is 353. The number of morpholine rings is 1. The van der Waals surface area contributed by atoms with E-state index in [1.54, 1.807) is 0 Å². The number of halogens is 1. The number of hydrogen-bond acceptors (Lipinski definition) is 3. The predicted octanol–water partition coefficient (Wildman–Crippen LogP) is 1.75. The second kappa shape index (κ2) is 6.36. The molecule has 1 unspecified atom stereocenters. The van der Waals surface area contributed by atoms with Gasteiger partial charge in [0, 0.05) is 30.6 Å². The summed E-state index contributed by atoms with van der Waals surface area (Å²) in [6, 6.07) is 7.74. The lowest BCUT2D eigenvalue weighted by molar-refractivity contribution is 0.0319. The Hall–Kier alpha value is -0.610. The molecular formula is C13H18ClNO2. The molecule has 1 atom stereocenters. The number of aliphatic hydroxyl groups excluding tert-OH is 1. The smallest absolute Gasteiger partial charge is 0.0594 e. The van der Waals surface area contributed by atoms with Crippen LogP contribution in [0.3, 0.4) is 0 Å². The Morgan fingerprint density at radius 3 is 2.65 bits per heavy atom. The fourth-order valence-electron chi connectivity index (χ4n) is 2.16. The normalized spacial score (nSPS) is 19.2. The minimum Gasteiger partial charge on any atom is -0.396 e. The molecule has 0 spiro atoms. The summed E-state index contributed by atoms with van der Waals surface area (Å²) in [5.41, 5.74) is 1.03. The van der Waals surface area contributed by atoms with Crippen LogP contribution in [0.4, 0.5) is 0 Å². The average Bonchev–Trinajstić information content (AvgIpc) is 2.38. The molecule has 1 fully saturated rings. The Balaban J connectivity index is 2.03. The van der Waals surface area contributed by atoms with Crippen molar-refractivity contribution in [1.82, 2.24) is 4.90 Å². The average molecular weight is 256 g/mol. The summed E-state index contributed by atoms with van der Waals surface area (Å²) >= 11 is 6.16. The van der Waals surface area contributed by atoms with Gasteiger partial charge in [0.2, 0.25) is 0 Å². The number of aliphatic hydroxyl groups is 1. The van der Waals surface area contributed by atoms with Crippen LogP contribution in [0.15, 0.2) is 24.3 Å². The van der Waals surface area contributed by atoms with Crippen LogP contribution in [0.1, 0.15) is 11.5 Å². The highest BCUT2D eigenvalue weighted by Crippen LogP contribution is 2.25. The van der Waals surface area contributed by atoms with Crippen LogP contribution in [0.25, 0.3) is 0 Å². The summed E-state index contributed by atoms with van der Waals surface area (Å²) in [5, 5.41) is 10.3. The molecule has 0 radical (unpaired) electrons. The molecule has 0 amide bonds. The SMILES string of the molecule is OCC(CN1CCOCC1)c1ccccc1Cl. The molecule has 1 aromatic carbocycles. The van der Waals surface area contributed by atoms with Gasteiger partial charge in [-0.2, -0.15) is 0 Å². The zero-order chi connectivity index (χ0) is 12.1. The number of hydrogen-bond donors (Lipinski definition) is 1. The molecule has 1 heterocycles. The molecule has 0 aliphatic carbocycles. The minimum absolute atomic E-state index is 0.0850. The van der Waals surface area contributed by atoms with Crippen LogP contribution >= 0.6 is 11.6 Å². The number of ether oxygens (including phenoxy) is 1.